The highest BCUT2D eigenvalue weighted by Gasteiger charge is 2.14. The van der Waals surface area contributed by atoms with Crippen molar-refractivity contribution in [3.63, 3.8) is 0 Å². The van der Waals surface area contributed by atoms with Crippen molar-refractivity contribution in [2.75, 3.05) is 13.2 Å². The molecule has 1 aliphatic heterocycles. The minimum absolute atomic E-state index is 0.267. The second kappa shape index (κ2) is 3.09. The summed E-state index contributed by atoms with van der Waals surface area (Å²) in [4.78, 5) is 4.14. The van der Waals surface area contributed by atoms with Crippen molar-refractivity contribution in [3.05, 3.63) is 29.3 Å². The molecule has 3 nitrogen and oxygen atoms in total. The topological polar surface area (TPSA) is 41.8 Å². The fraction of sp³-hybridized carbons (Fsp3) is 0.300. The maximum atomic E-state index is 9.70. The van der Waals surface area contributed by atoms with E-state index in [0.717, 1.165) is 5.56 Å². The first kappa shape index (κ1) is 8.10. The quantitative estimate of drug-likeness (QED) is 0.705. The Bertz CT molecular complexity index is 358. The van der Waals surface area contributed by atoms with Gasteiger partial charge in [-0.2, -0.15) is 0 Å². The average molecular weight is 177 g/mol. The van der Waals surface area contributed by atoms with Crippen molar-refractivity contribution >= 4 is 5.90 Å². The molecule has 0 unspecified atom stereocenters. The highest BCUT2D eigenvalue weighted by molar-refractivity contribution is 5.97. The third kappa shape index (κ3) is 1.37. The van der Waals surface area contributed by atoms with Crippen LogP contribution in [0.25, 0.3) is 0 Å². The Labute approximate surface area is 76.7 Å². The van der Waals surface area contributed by atoms with Gasteiger partial charge in [-0.05, 0) is 18.6 Å². The molecule has 0 fully saturated rings. The zero-order chi connectivity index (χ0) is 9.26. The fourth-order valence-corrected chi connectivity index (χ4v) is 1.33. The molecule has 0 saturated heterocycles. The fourth-order valence-electron chi connectivity index (χ4n) is 1.33. The van der Waals surface area contributed by atoms with Crippen LogP contribution >= 0.6 is 0 Å². The summed E-state index contributed by atoms with van der Waals surface area (Å²) >= 11 is 0. The summed E-state index contributed by atoms with van der Waals surface area (Å²) in [6.07, 6.45) is 0. The van der Waals surface area contributed by atoms with Crippen LogP contribution < -0.4 is 0 Å². The Balaban J connectivity index is 2.45. The second-order valence-corrected chi connectivity index (χ2v) is 3.01. The van der Waals surface area contributed by atoms with Gasteiger partial charge >= 0.3 is 0 Å². The molecule has 1 aromatic carbocycles. The molecule has 0 atom stereocenters. The molecule has 1 aliphatic rings. The molecule has 1 heterocycles. The number of aryl methyl sites for hydroxylation is 1. The third-order valence-electron chi connectivity index (χ3n) is 2.05. The number of hydrogen-bond acceptors (Lipinski definition) is 3. The summed E-state index contributed by atoms with van der Waals surface area (Å²) in [5.41, 5.74) is 1.54. The van der Waals surface area contributed by atoms with E-state index in [-0.39, 0.29) is 5.75 Å². The van der Waals surface area contributed by atoms with Crippen molar-refractivity contribution in [2.45, 2.75) is 6.92 Å². The molecular formula is C10H11NO2. The van der Waals surface area contributed by atoms with Crippen molar-refractivity contribution in [3.8, 4) is 5.75 Å². The number of benzene rings is 1. The lowest BCUT2D eigenvalue weighted by atomic mass is 10.1. The highest BCUT2D eigenvalue weighted by Crippen LogP contribution is 2.23. The average Bonchev–Trinajstić information content (AvgIpc) is 2.62. The van der Waals surface area contributed by atoms with E-state index in [1.807, 2.05) is 25.1 Å². The van der Waals surface area contributed by atoms with E-state index in [9.17, 15) is 5.11 Å². The van der Waals surface area contributed by atoms with E-state index in [4.69, 9.17) is 4.74 Å². The molecule has 0 radical (unpaired) electrons. The van der Waals surface area contributed by atoms with Crippen molar-refractivity contribution in [1.29, 1.82) is 0 Å². The molecule has 0 bridgehead atoms. The zero-order valence-corrected chi connectivity index (χ0v) is 7.45. The van der Waals surface area contributed by atoms with Gasteiger partial charge < -0.3 is 9.84 Å². The van der Waals surface area contributed by atoms with Gasteiger partial charge in [0, 0.05) is 0 Å². The Morgan fingerprint density at radius 1 is 1.46 bits per heavy atom. The van der Waals surface area contributed by atoms with Crippen LogP contribution in [0.2, 0.25) is 0 Å². The van der Waals surface area contributed by atoms with Crippen LogP contribution in [0.15, 0.2) is 23.2 Å². The monoisotopic (exact) mass is 177 g/mol. The lowest BCUT2D eigenvalue weighted by molar-refractivity contribution is 0.346. The van der Waals surface area contributed by atoms with E-state index < -0.39 is 0 Å². The van der Waals surface area contributed by atoms with Gasteiger partial charge in [0.05, 0.1) is 12.1 Å². The number of para-hydroxylation sites is 1. The predicted molar refractivity (Wildman–Crippen MR) is 50.2 cm³/mol. The SMILES string of the molecule is Cc1cccc(C2=NCCO2)c1O. The van der Waals surface area contributed by atoms with Gasteiger partial charge in [-0.1, -0.05) is 12.1 Å². The van der Waals surface area contributed by atoms with E-state index in [2.05, 4.69) is 4.99 Å². The van der Waals surface area contributed by atoms with Gasteiger partial charge in [-0.15, -0.1) is 0 Å². The zero-order valence-electron chi connectivity index (χ0n) is 7.45. The van der Waals surface area contributed by atoms with Gasteiger partial charge in [0.25, 0.3) is 0 Å². The van der Waals surface area contributed by atoms with Crippen LogP contribution in [0, 0.1) is 6.92 Å². The smallest absolute Gasteiger partial charge is 0.220 e. The molecule has 1 N–H and O–H groups in total. The van der Waals surface area contributed by atoms with Gasteiger partial charge in [0.2, 0.25) is 5.90 Å². The molecule has 13 heavy (non-hydrogen) atoms. The van der Waals surface area contributed by atoms with Crippen LogP contribution in [-0.4, -0.2) is 24.2 Å². The number of phenols is 1. The molecule has 1 aromatic rings. The molecule has 68 valence electrons. The van der Waals surface area contributed by atoms with Crippen molar-refractivity contribution < 1.29 is 9.84 Å². The summed E-state index contributed by atoms with van der Waals surface area (Å²) in [6, 6.07) is 5.55. The van der Waals surface area contributed by atoms with Gasteiger partial charge in [0.15, 0.2) is 0 Å². The van der Waals surface area contributed by atoms with E-state index >= 15 is 0 Å². The lowest BCUT2D eigenvalue weighted by Gasteiger charge is -2.05. The van der Waals surface area contributed by atoms with Crippen LogP contribution in [-0.2, 0) is 4.74 Å². The summed E-state index contributed by atoms with van der Waals surface area (Å²) < 4.78 is 5.26. The highest BCUT2D eigenvalue weighted by atomic mass is 16.5. The summed E-state index contributed by atoms with van der Waals surface area (Å²) in [5.74, 6) is 0.823. The van der Waals surface area contributed by atoms with Crippen LogP contribution in [0.5, 0.6) is 5.75 Å². The summed E-state index contributed by atoms with van der Waals surface area (Å²) in [6.45, 7) is 3.15. The summed E-state index contributed by atoms with van der Waals surface area (Å²) in [5, 5.41) is 9.70. The Kier molecular flexibility index (Phi) is 1.93. The number of ether oxygens (including phenoxy) is 1. The second-order valence-electron chi connectivity index (χ2n) is 3.01. The number of aromatic hydroxyl groups is 1. The normalized spacial score (nSPS) is 15.3. The first-order valence-corrected chi connectivity index (χ1v) is 4.25. The number of phenolic OH excluding ortho intramolecular Hbond substituents is 1. The van der Waals surface area contributed by atoms with E-state index in [1.165, 1.54) is 0 Å². The van der Waals surface area contributed by atoms with Crippen LogP contribution in [0.3, 0.4) is 0 Å². The number of nitrogens with zero attached hydrogens (tertiary/aromatic N) is 1. The Morgan fingerprint density at radius 3 is 3.00 bits per heavy atom. The lowest BCUT2D eigenvalue weighted by Crippen LogP contribution is -2.01. The van der Waals surface area contributed by atoms with Crippen LogP contribution in [0.4, 0.5) is 0 Å². The minimum Gasteiger partial charge on any atom is -0.507 e. The standard InChI is InChI=1S/C10H11NO2/c1-7-3-2-4-8(9(7)12)10-11-5-6-13-10/h2-4,12H,5-6H2,1H3. The van der Waals surface area contributed by atoms with E-state index in [0.29, 0.717) is 24.6 Å². The summed E-state index contributed by atoms with van der Waals surface area (Å²) in [7, 11) is 0. The molecule has 3 heteroatoms. The maximum Gasteiger partial charge on any atom is 0.220 e. The van der Waals surface area contributed by atoms with Crippen LogP contribution in [0.1, 0.15) is 11.1 Å². The molecule has 0 saturated carbocycles. The molecule has 0 amide bonds. The van der Waals surface area contributed by atoms with Crippen molar-refractivity contribution in [2.24, 2.45) is 4.99 Å². The first-order valence-electron chi connectivity index (χ1n) is 4.25. The number of hydrogen-bond donors (Lipinski definition) is 1. The molecule has 0 aromatic heterocycles. The van der Waals surface area contributed by atoms with Gasteiger partial charge in [-0.3, -0.25) is 0 Å². The number of rotatable bonds is 1. The van der Waals surface area contributed by atoms with Crippen molar-refractivity contribution in [1.82, 2.24) is 0 Å². The largest absolute Gasteiger partial charge is 0.507 e. The maximum absolute atomic E-state index is 9.70. The number of aliphatic imine (C=N–C) groups is 1. The molecule has 0 aliphatic carbocycles. The first-order chi connectivity index (χ1) is 6.29. The molecule has 2 rings (SSSR count). The minimum atomic E-state index is 0.267. The van der Waals surface area contributed by atoms with Gasteiger partial charge in [-0.25, -0.2) is 4.99 Å². The molecule has 0 spiro atoms. The Hall–Kier alpha value is -1.51. The van der Waals surface area contributed by atoms with Gasteiger partial charge in [0.1, 0.15) is 12.4 Å². The third-order valence-corrected chi connectivity index (χ3v) is 2.05. The predicted octanol–water partition coefficient (Wildman–Crippen LogP) is 1.48. The Morgan fingerprint density at radius 2 is 2.31 bits per heavy atom. The van der Waals surface area contributed by atoms with E-state index in [1.54, 1.807) is 0 Å². The molecular weight excluding hydrogens is 166 g/mol.